The van der Waals surface area contributed by atoms with E-state index in [2.05, 4.69) is 0 Å². The molecule has 5 rings (SSSR count). The zero-order valence-electron chi connectivity index (χ0n) is 25.6. The summed E-state index contributed by atoms with van der Waals surface area (Å²) in [5.74, 6) is -0.641. The minimum Gasteiger partial charge on any atom is -0.506 e. The Kier molecular flexibility index (Phi) is 11.4. The van der Waals surface area contributed by atoms with Crippen LogP contribution in [0.2, 0.25) is 0 Å². The summed E-state index contributed by atoms with van der Waals surface area (Å²) in [6.07, 6.45) is -8.51. The number of hydrogen-bond donors (Lipinski definition) is 7. The number of benzene rings is 3. The van der Waals surface area contributed by atoms with Crippen LogP contribution in [0.25, 0.3) is 10.8 Å². The van der Waals surface area contributed by atoms with E-state index in [4.69, 9.17) is 19.9 Å². The smallest absolute Gasteiger partial charge is 0.229 e. The molecule has 2 heterocycles. The minimum absolute atomic E-state index is 0.0611. The zero-order valence-corrected chi connectivity index (χ0v) is 27.2. The molecule has 0 aromatic heterocycles. The largest absolute Gasteiger partial charge is 0.506 e. The molecule has 4 bridgehead atoms. The first-order chi connectivity index (χ1) is 22.1. The number of rotatable bonds is 6. The molecule has 2 aliphatic rings. The molecule has 3 aromatic rings. The number of phenolic OH excluding ortho intramolecular Hbond substituents is 1. The highest BCUT2D eigenvalue weighted by molar-refractivity contribution is 8.76. The number of carbonyl (C=O) groups excluding carboxylic acids is 1. The monoisotopic (exact) mass is 675 g/mol. The molecule has 3 aromatic carbocycles. The SMILES string of the molecule is COc1cc2c3c(O)c(c(C)cc3c1CO)C(=O)CCSSC(Cc1ccccc1)C(CCN)C(O)C1OC(O2)C(O)C(O)C1O. The van der Waals surface area contributed by atoms with Gasteiger partial charge in [0, 0.05) is 35.0 Å². The van der Waals surface area contributed by atoms with Crippen LogP contribution in [-0.4, -0.2) is 97.9 Å². The summed E-state index contributed by atoms with van der Waals surface area (Å²) in [6, 6.07) is 12.8. The molecule has 0 saturated carbocycles. The number of hydrogen-bond acceptors (Lipinski definition) is 13. The Morgan fingerprint density at radius 1 is 1.04 bits per heavy atom. The highest BCUT2D eigenvalue weighted by atomic mass is 33.1. The van der Waals surface area contributed by atoms with Crippen LogP contribution in [0, 0.1) is 12.8 Å². The molecule has 11 nitrogen and oxygen atoms in total. The fraction of sp³-hybridized carbons (Fsp3) is 0.485. The molecule has 2 aliphatic heterocycles. The van der Waals surface area contributed by atoms with Gasteiger partial charge in [0.25, 0.3) is 0 Å². The maximum atomic E-state index is 13.6. The van der Waals surface area contributed by atoms with E-state index in [0.29, 0.717) is 35.1 Å². The summed E-state index contributed by atoms with van der Waals surface area (Å²) < 4.78 is 17.7. The Morgan fingerprint density at radius 3 is 2.46 bits per heavy atom. The molecular weight excluding hydrogens is 634 g/mol. The standard InChI is InChI=1S/C33H41NO10S2/c1-16-12-19-20(15-35)22(42-2)14-23-26(19)28(38)25(16)21(36)9-11-45-46-24(13-17-6-4-3-5-7-17)18(8-10-34)27(37)32-30(40)29(39)31(41)33(43-23)44-32/h3-7,12,14,18,24,27,29-33,35,37-41H,8-11,13,15,34H2,1-2H3. The number of carbonyl (C=O) groups is 1. The fourth-order valence-electron chi connectivity index (χ4n) is 6.38. The number of phenols is 1. The molecule has 250 valence electrons. The van der Waals surface area contributed by atoms with Gasteiger partial charge in [-0.1, -0.05) is 51.9 Å². The van der Waals surface area contributed by atoms with Gasteiger partial charge in [0.15, 0.2) is 5.78 Å². The van der Waals surface area contributed by atoms with Crippen molar-refractivity contribution in [2.24, 2.45) is 11.7 Å². The first-order valence-electron chi connectivity index (χ1n) is 15.2. The van der Waals surface area contributed by atoms with Crippen molar-refractivity contribution in [2.45, 2.75) is 74.9 Å². The second-order valence-corrected chi connectivity index (χ2v) is 14.4. The summed E-state index contributed by atoms with van der Waals surface area (Å²) >= 11 is 0. The topological polar surface area (TPSA) is 192 Å². The van der Waals surface area contributed by atoms with Crippen LogP contribution in [0.4, 0.5) is 0 Å². The maximum Gasteiger partial charge on any atom is 0.229 e. The average Bonchev–Trinajstić information content (AvgIpc) is 3.04. The van der Waals surface area contributed by atoms with Gasteiger partial charge in [-0.3, -0.25) is 4.79 Å². The molecule has 0 radical (unpaired) electrons. The average molecular weight is 676 g/mol. The van der Waals surface area contributed by atoms with Crippen LogP contribution in [0.1, 0.15) is 39.9 Å². The Labute approximate surface area is 275 Å². The van der Waals surface area contributed by atoms with Crippen LogP contribution in [0.5, 0.6) is 17.2 Å². The summed E-state index contributed by atoms with van der Waals surface area (Å²) in [7, 11) is 4.34. The number of aliphatic hydroxyl groups is 5. The molecule has 1 fully saturated rings. The number of ketones is 1. The van der Waals surface area contributed by atoms with Gasteiger partial charge < -0.3 is 50.6 Å². The highest BCUT2D eigenvalue weighted by Gasteiger charge is 2.50. The summed E-state index contributed by atoms with van der Waals surface area (Å²) in [4.78, 5) is 13.6. The number of Topliss-reactive ketones (excluding diaryl/α,β-unsaturated/α-hetero) is 1. The van der Waals surface area contributed by atoms with E-state index < -0.39 is 49.3 Å². The van der Waals surface area contributed by atoms with Crippen molar-refractivity contribution in [3.05, 3.63) is 64.7 Å². The van der Waals surface area contributed by atoms with Gasteiger partial charge in [-0.2, -0.15) is 0 Å². The number of aryl methyl sites for hydroxylation is 1. The third kappa shape index (κ3) is 6.84. The van der Waals surface area contributed by atoms with Crippen molar-refractivity contribution < 1.29 is 49.6 Å². The van der Waals surface area contributed by atoms with Gasteiger partial charge in [-0.15, -0.1) is 0 Å². The molecule has 0 amide bonds. The lowest BCUT2D eigenvalue weighted by atomic mass is 9.84. The van der Waals surface area contributed by atoms with Crippen LogP contribution in [0.3, 0.4) is 0 Å². The van der Waals surface area contributed by atoms with E-state index in [9.17, 15) is 35.4 Å². The van der Waals surface area contributed by atoms with Crippen LogP contribution >= 0.6 is 21.6 Å². The second-order valence-electron chi connectivity index (χ2n) is 11.7. The van der Waals surface area contributed by atoms with Gasteiger partial charge in [-0.05, 0) is 48.9 Å². The molecule has 0 spiro atoms. The normalized spacial score (nSPS) is 29.1. The van der Waals surface area contributed by atoms with Crippen molar-refractivity contribution in [2.75, 3.05) is 19.4 Å². The van der Waals surface area contributed by atoms with Gasteiger partial charge in [-0.25, -0.2) is 0 Å². The lowest BCUT2D eigenvalue weighted by molar-refractivity contribution is -0.291. The van der Waals surface area contributed by atoms with E-state index in [1.165, 1.54) is 34.8 Å². The van der Waals surface area contributed by atoms with Gasteiger partial charge in [0.05, 0.1) is 30.8 Å². The highest BCUT2D eigenvalue weighted by Crippen LogP contribution is 2.46. The molecule has 46 heavy (non-hydrogen) atoms. The van der Waals surface area contributed by atoms with E-state index in [0.717, 1.165) is 5.56 Å². The number of nitrogens with two attached hydrogens (primary N) is 1. The molecule has 8 atom stereocenters. The van der Waals surface area contributed by atoms with E-state index in [1.54, 1.807) is 13.0 Å². The third-order valence-electron chi connectivity index (χ3n) is 8.77. The van der Waals surface area contributed by atoms with Gasteiger partial charge in [0.1, 0.15) is 41.7 Å². The number of aromatic hydroxyl groups is 1. The number of fused-ring (bicyclic) bond motifs is 3. The van der Waals surface area contributed by atoms with E-state index in [-0.39, 0.29) is 52.2 Å². The van der Waals surface area contributed by atoms with Crippen molar-refractivity contribution >= 4 is 38.1 Å². The predicted molar refractivity (Wildman–Crippen MR) is 176 cm³/mol. The van der Waals surface area contributed by atoms with Crippen LogP contribution < -0.4 is 15.2 Å². The minimum atomic E-state index is -1.76. The summed E-state index contributed by atoms with van der Waals surface area (Å²) in [6.45, 7) is 1.47. The molecule has 13 heteroatoms. The van der Waals surface area contributed by atoms with Crippen LogP contribution in [-0.2, 0) is 17.8 Å². The Hall–Kier alpha value is -2.59. The Bertz CT molecular complexity index is 1530. The summed E-state index contributed by atoms with van der Waals surface area (Å²) in [5.41, 5.74) is 7.96. The first kappa shape index (κ1) is 34.7. The molecular formula is C33H41NO10S2. The van der Waals surface area contributed by atoms with Gasteiger partial charge >= 0.3 is 0 Å². The lowest BCUT2D eigenvalue weighted by Gasteiger charge is -2.44. The predicted octanol–water partition coefficient (Wildman–Crippen LogP) is 2.45. The van der Waals surface area contributed by atoms with Crippen molar-refractivity contribution in [1.82, 2.24) is 0 Å². The van der Waals surface area contributed by atoms with Crippen molar-refractivity contribution in [1.29, 1.82) is 0 Å². The van der Waals surface area contributed by atoms with E-state index in [1.807, 2.05) is 30.3 Å². The number of ether oxygens (including phenoxy) is 3. The molecule has 8 N–H and O–H groups in total. The third-order valence-corrected chi connectivity index (χ3v) is 11.7. The quantitative estimate of drug-likeness (QED) is 0.189. The molecule has 1 saturated heterocycles. The zero-order chi connectivity index (χ0) is 33.1. The summed E-state index contributed by atoms with van der Waals surface area (Å²) in [5, 5.41) is 66.8. The Balaban J connectivity index is 1.65. The second kappa shape index (κ2) is 15.1. The van der Waals surface area contributed by atoms with Crippen molar-refractivity contribution in [3.63, 3.8) is 0 Å². The number of aliphatic hydroxyl groups excluding tert-OH is 5. The van der Waals surface area contributed by atoms with Crippen LogP contribution in [0.15, 0.2) is 42.5 Å². The van der Waals surface area contributed by atoms with E-state index >= 15 is 0 Å². The van der Waals surface area contributed by atoms with Crippen molar-refractivity contribution in [3.8, 4) is 17.2 Å². The molecule has 8 unspecified atom stereocenters. The first-order valence-corrected chi connectivity index (χ1v) is 17.6. The Morgan fingerprint density at radius 2 is 1.78 bits per heavy atom. The number of methoxy groups -OCH3 is 1. The van der Waals surface area contributed by atoms with Gasteiger partial charge in [0.2, 0.25) is 6.29 Å². The fourth-order valence-corrected chi connectivity index (χ4v) is 9.31. The molecule has 0 aliphatic carbocycles. The maximum absolute atomic E-state index is 13.6. The lowest BCUT2D eigenvalue weighted by Crippen LogP contribution is -2.63.